The van der Waals surface area contributed by atoms with Gasteiger partial charge in [0.25, 0.3) is 0 Å². The number of nitrogens with one attached hydrogen (secondary N) is 1. The minimum Gasteiger partial charge on any atom is -0.397 e. The zero-order valence-corrected chi connectivity index (χ0v) is 12.7. The van der Waals surface area contributed by atoms with Crippen molar-refractivity contribution in [3.63, 3.8) is 0 Å². The third kappa shape index (κ3) is 3.53. The van der Waals surface area contributed by atoms with E-state index in [1.165, 1.54) is 30.3 Å². The van der Waals surface area contributed by atoms with Crippen molar-refractivity contribution in [1.82, 2.24) is 4.72 Å². The number of hydrogen-bond donors (Lipinski definition) is 2. The first-order chi connectivity index (χ1) is 9.81. The summed E-state index contributed by atoms with van der Waals surface area (Å²) in [6, 6.07) is 9.28. The first-order valence-corrected chi connectivity index (χ1v) is 7.99. The molecular formula is C14H14ClFN2O2S. The van der Waals surface area contributed by atoms with Crippen LogP contribution in [0.15, 0.2) is 47.4 Å². The molecule has 2 rings (SSSR count). The minimum atomic E-state index is -3.82. The van der Waals surface area contributed by atoms with Crippen molar-refractivity contribution in [2.75, 3.05) is 5.73 Å². The fourth-order valence-corrected chi connectivity index (χ4v) is 3.25. The van der Waals surface area contributed by atoms with Gasteiger partial charge in [-0.1, -0.05) is 29.8 Å². The van der Waals surface area contributed by atoms with Gasteiger partial charge in [-0.15, -0.1) is 0 Å². The van der Waals surface area contributed by atoms with Crippen LogP contribution in [-0.2, 0) is 10.0 Å². The molecular weight excluding hydrogens is 315 g/mol. The Labute approximate surface area is 127 Å². The van der Waals surface area contributed by atoms with E-state index in [1.54, 1.807) is 19.1 Å². The van der Waals surface area contributed by atoms with Gasteiger partial charge >= 0.3 is 0 Å². The van der Waals surface area contributed by atoms with E-state index in [9.17, 15) is 12.8 Å². The summed E-state index contributed by atoms with van der Waals surface area (Å²) >= 11 is 5.76. The molecule has 0 aromatic heterocycles. The Hall–Kier alpha value is -1.63. The van der Waals surface area contributed by atoms with Crippen LogP contribution in [0.1, 0.15) is 18.5 Å². The summed E-state index contributed by atoms with van der Waals surface area (Å²) in [5.41, 5.74) is 6.03. The Morgan fingerprint density at radius 1 is 1.24 bits per heavy atom. The maximum Gasteiger partial charge on any atom is 0.241 e. The first kappa shape index (κ1) is 15.8. The SMILES string of the molecule is CC(NS(=O)(=O)c1ccc(Cl)c(N)c1)c1ccccc1F. The first-order valence-electron chi connectivity index (χ1n) is 6.13. The van der Waals surface area contributed by atoms with Gasteiger partial charge in [0, 0.05) is 11.6 Å². The quantitative estimate of drug-likeness (QED) is 0.847. The summed E-state index contributed by atoms with van der Waals surface area (Å²) in [5, 5.41) is 0.274. The van der Waals surface area contributed by atoms with Gasteiger partial charge in [-0.3, -0.25) is 0 Å². The van der Waals surface area contributed by atoms with Gasteiger partial charge in [0.2, 0.25) is 10.0 Å². The second-order valence-corrected chi connectivity index (χ2v) is 6.67. The predicted octanol–water partition coefficient (Wildman–Crippen LogP) is 3.10. The Bertz CT molecular complexity index is 765. The van der Waals surface area contributed by atoms with Crippen molar-refractivity contribution in [1.29, 1.82) is 0 Å². The van der Waals surface area contributed by atoms with Gasteiger partial charge in [-0.05, 0) is 31.2 Å². The molecule has 0 aliphatic carbocycles. The van der Waals surface area contributed by atoms with Gasteiger partial charge in [0.05, 0.1) is 15.6 Å². The van der Waals surface area contributed by atoms with Crippen molar-refractivity contribution in [2.24, 2.45) is 0 Å². The highest BCUT2D eigenvalue weighted by molar-refractivity contribution is 7.89. The summed E-state index contributed by atoms with van der Waals surface area (Å²) in [4.78, 5) is -0.0208. The Kier molecular flexibility index (Phi) is 4.51. The van der Waals surface area contributed by atoms with Crippen molar-refractivity contribution >= 4 is 27.3 Å². The molecule has 4 nitrogen and oxygen atoms in total. The van der Waals surface area contributed by atoms with Crippen LogP contribution in [-0.4, -0.2) is 8.42 Å². The van der Waals surface area contributed by atoms with Crippen molar-refractivity contribution in [2.45, 2.75) is 17.9 Å². The van der Waals surface area contributed by atoms with Crippen molar-refractivity contribution < 1.29 is 12.8 Å². The van der Waals surface area contributed by atoms with E-state index in [2.05, 4.69) is 4.72 Å². The van der Waals surface area contributed by atoms with Gasteiger partial charge in [0.1, 0.15) is 5.82 Å². The lowest BCUT2D eigenvalue weighted by Gasteiger charge is -2.15. The second-order valence-electron chi connectivity index (χ2n) is 4.55. The smallest absolute Gasteiger partial charge is 0.241 e. The molecule has 2 aromatic carbocycles. The molecule has 21 heavy (non-hydrogen) atoms. The van der Waals surface area contributed by atoms with E-state index in [0.717, 1.165) is 0 Å². The number of nitrogen functional groups attached to an aromatic ring is 1. The van der Waals surface area contributed by atoms with E-state index in [0.29, 0.717) is 0 Å². The molecule has 0 radical (unpaired) electrons. The summed E-state index contributed by atoms with van der Waals surface area (Å²) < 4.78 is 40.6. The molecule has 0 bridgehead atoms. The van der Waals surface area contributed by atoms with E-state index < -0.39 is 21.9 Å². The molecule has 0 fully saturated rings. The molecule has 1 atom stereocenters. The van der Waals surface area contributed by atoms with Gasteiger partial charge in [-0.2, -0.15) is 0 Å². The number of anilines is 1. The number of hydrogen-bond acceptors (Lipinski definition) is 3. The molecule has 112 valence electrons. The Morgan fingerprint density at radius 2 is 1.90 bits per heavy atom. The number of nitrogens with two attached hydrogens (primary N) is 1. The molecule has 2 aromatic rings. The average molecular weight is 329 g/mol. The van der Waals surface area contributed by atoms with E-state index in [-0.39, 0.29) is 21.2 Å². The van der Waals surface area contributed by atoms with Crippen molar-refractivity contribution in [3.05, 3.63) is 58.9 Å². The molecule has 0 amide bonds. The van der Waals surface area contributed by atoms with Gasteiger partial charge in [-0.25, -0.2) is 17.5 Å². The fraction of sp³-hybridized carbons (Fsp3) is 0.143. The fourth-order valence-electron chi connectivity index (χ4n) is 1.88. The van der Waals surface area contributed by atoms with Gasteiger partial charge < -0.3 is 5.73 Å². The van der Waals surface area contributed by atoms with E-state index in [4.69, 9.17) is 17.3 Å². The average Bonchev–Trinajstić information content (AvgIpc) is 2.41. The highest BCUT2D eigenvalue weighted by atomic mass is 35.5. The van der Waals surface area contributed by atoms with Crippen LogP contribution in [0.3, 0.4) is 0 Å². The third-order valence-electron chi connectivity index (χ3n) is 2.98. The summed E-state index contributed by atoms with van der Waals surface area (Å²) in [6.45, 7) is 1.56. The highest BCUT2D eigenvalue weighted by Crippen LogP contribution is 2.24. The predicted molar refractivity (Wildman–Crippen MR) is 81.0 cm³/mol. The molecule has 1 unspecified atom stereocenters. The third-order valence-corrected chi connectivity index (χ3v) is 4.86. The van der Waals surface area contributed by atoms with E-state index >= 15 is 0 Å². The summed E-state index contributed by atoms with van der Waals surface area (Å²) in [7, 11) is -3.82. The summed E-state index contributed by atoms with van der Waals surface area (Å²) in [5.74, 6) is -0.469. The molecule has 0 aliphatic rings. The lowest BCUT2D eigenvalue weighted by molar-refractivity contribution is 0.550. The molecule has 0 spiro atoms. The topological polar surface area (TPSA) is 72.2 Å². The van der Waals surface area contributed by atoms with E-state index in [1.807, 2.05) is 0 Å². The largest absolute Gasteiger partial charge is 0.397 e. The molecule has 0 aliphatic heterocycles. The lowest BCUT2D eigenvalue weighted by atomic mass is 10.1. The van der Waals surface area contributed by atoms with Crippen LogP contribution in [0.4, 0.5) is 10.1 Å². The van der Waals surface area contributed by atoms with Crippen LogP contribution in [0.25, 0.3) is 0 Å². The molecule has 0 heterocycles. The Balaban J connectivity index is 2.29. The zero-order valence-electron chi connectivity index (χ0n) is 11.2. The summed E-state index contributed by atoms with van der Waals surface area (Å²) in [6.07, 6.45) is 0. The normalized spacial score (nSPS) is 13.1. The molecule has 0 saturated heterocycles. The monoisotopic (exact) mass is 328 g/mol. The van der Waals surface area contributed by atoms with Crippen molar-refractivity contribution in [3.8, 4) is 0 Å². The van der Waals surface area contributed by atoms with Gasteiger partial charge in [0.15, 0.2) is 0 Å². The standard InChI is InChI=1S/C14H14ClFN2O2S/c1-9(11-4-2-3-5-13(11)16)18-21(19,20)10-6-7-12(15)14(17)8-10/h2-9,18H,17H2,1H3. The number of sulfonamides is 1. The molecule has 7 heteroatoms. The molecule has 0 saturated carbocycles. The highest BCUT2D eigenvalue weighted by Gasteiger charge is 2.20. The van der Waals surface area contributed by atoms with Crippen LogP contribution in [0.5, 0.6) is 0 Å². The lowest BCUT2D eigenvalue weighted by Crippen LogP contribution is -2.27. The van der Waals surface area contributed by atoms with Crippen LogP contribution in [0.2, 0.25) is 5.02 Å². The number of rotatable bonds is 4. The number of halogens is 2. The second kappa shape index (κ2) is 6.01. The van der Waals surface area contributed by atoms with Crippen LogP contribution >= 0.6 is 11.6 Å². The Morgan fingerprint density at radius 3 is 2.52 bits per heavy atom. The molecule has 3 N–H and O–H groups in total. The van der Waals surface area contributed by atoms with Crippen LogP contribution in [0, 0.1) is 5.82 Å². The number of benzene rings is 2. The van der Waals surface area contributed by atoms with Crippen LogP contribution < -0.4 is 10.5 Å². The zero-order chi connectivity index (χ0) is 15.6. The minimum absolute atomic E-state index is 0.0208. The maximum absolute atomic E-state index is 13.7. The maximum atomic E-state index is 13.7.